The molecule has 0 N–H and O–H groups in total. The van der Waals surface area contributed by atoms with Crippen molar-refractivity contribution in [3.63, 3.8) is 0 Å². The fraction of sp³-hybridized carbons (Fsp3) is 0.0256. The monoisotopic (exact) mass is 518 g/mol. The van der Waals surface area contributed by atoms with Gasteiger partial charge in [-0.15, -0.1) is 0 Å². The molecule has 188 valence electrons. The highest BCUT2D eigenvalue weighted by Gasteiger charge is 2.23. The first-order valence-electron chi connectivity index (χ1n) is 14.2. The molecule has 0 saturated heterocycles. The summed E-state index contributed by atoms with van der Waals surface area (Å²) in [6, 6.07) is 41.8. The van der Waals surface area contributed by atoms with Gasteiger partial charge in [0.25, 0.3) is 0 Å². The van der Waals surface area contributed by atoms with Gasteiger partial charge in [0.05, 0.1) is 22.1 Å². The summed E-state index contributed by atoms with van der Waals surface area (Å²) in [7, 11) is 0. The van der Waals surface area contributed by atoms with Gasteiger partial charge >= 0.3 is 0 Å². The zero-order valence-electron chi connectivity index (χ0n) is 22.4. The van der Waals surface area contributed by atoms with Gasteiger partial charge in [-0.2, -0.15) is 0 Å². The fourth-order valence-corrected chi connectivity index (χ4v) is 7.55. The number of pyridine rings is 2. The average molecular weight is 519 g/mol. The maximum absolute atomic E-state index is 5.50. The van der Waals surface area contributed by atoms with Crippen molar-refractivity contribution in [2.24, 2.45) is 0 Å². The highest BCUT2D eigenvalue weighted by Crippen LogP contribution is 2.47. The van der Waals surface area contributed by atoms with E-state index in [2.05, 4.69) is 122 Å². The lowest BCUT2D eigenvalue weighted by molar-refractivity contribution is 1.44. The maximum Gasteiger partial charge on any atom is 0.0804 e. The number of aryl methyl sites for hydroxylation is 1. The second-order valence-electron chi connectivity index (χ2n) is 11.3. The average Bonchev–Trinajstić information content (AvgIpc) is 3.03. The molecule has 10 rings (SSSR count). The van der Waals surface area contributed by atoms with Crippen LogP contribution in [-0.2, 0) is 0 Å². The Kier molecular flexibility index (Phi) is 3.90. The van der Waals surface area contributed by atoms with E-state index in [1.807, 2.05) is 0 Å². The summed E-state index contributed by atoms with van der Waals surface area (Å²) in [4.78, 5) is 10.9. The molecule has 0 saturated carbocycles. The molecule has 2 heteroatoms. The summed E-state index contributed by atoms with van der Waals surface area (Å²) < 4.78 is 0. The molecule has 2 heterocycles. The molecule has 0 unspecified atom stereocenters. The minimum Gasteiger partial charge on any atom is -0.247 e. The third kappa shape index (κ3) is 2.63. The van der Waals surface area contributed by atoms with Crippen LogP contribution in [0.3, 0.4) is 0 Å². The molecule has 0 fully saturated rings. The first-order valence-corrected chi connectivity index (χ1v) is 14.2. The van der Waals surface area contributed by atoms with E-state index in [9.17, 15) is 0 Å². The summed E-state index contributed by atoms with van der Waals surface area (Å²) in [6.07, 6.45) is 0. The smallest absolute Gasteiger partial charge is 0.0804 e. The standard InChI is InChI=1S/C39H22N2/c1-21-31-27-17-13-23-9-5-11-25-16-20-30(35(27)32(23)25)41-39(31)34(22-7-3-2-4-8-22)37-28-18-14-24-10-6-12-26-15-19-29(40-38(21)37)36(28)33(24)26/h2-20H,1H3. The zero-order valence-corrected chi connectivity index (χ0v) is 22.4. The van der Waals surface area contributed by atoms with Crippen LogP contribution in [0.5, 0.6) is 0 Å². The maximum atomic E-state index is 5.50. The van der Waals surface area contributed by atoms with Gasteiger partial charge in [-0.3, -0.25) is 0 Å². The minimum atomic E-state index is 1.04. The van der Waals surface area contributed by atoms with Gasteiger partial charge in [0.2, 0.25) is 0 Å². The molecule has 10 aromatic rings. The number of hydrogen-bond donors (Lipinski definition) is 0. The van der Waals surface area contributed by atoms with Crippen LogP contribution in [0.4, 0.5) is 0 Å². The molecule has 0 aliphatic heterocycles. The van der Waals surface area contributed by atoms with Crippen molar-refractivity contribution in [2.45, 2.75) is 6.92 Å². The van der Waals surface area contributed by atoms with Crippen LogP contribution in [0.15, 0.2) is 115 Å². The first kappa shape index (κ1) is 21.5. The molecule has 0 aliphatic carbocycles. The number of fused-ring (bicyclic) bond motifs is 4. The van der Waals surface area contributed by atoms with Crippen molar-refractivity contribution in [3.8, 4) is 11.1 Å². The van der Waals surface area contributed by atoms with Crippen LogP contribution in [0.25, 0.3) is 97.8 Å². The molecule has 8 aromatic carbocycles. The molecule has 2 nitrogen and oxygen atoms in total. The van der Waals surface area contributed by atoms with E-state index in [4.69, 9.17) is 9.97 Å². The van der Waals surface area contributed by atoms with E-state index in [-0.39, 0.29) is 0 Å². The molecule has 0 bridgehead atoms. The van der Waals surface area contributed by atoms with Crippen LogP contribution >= 0.6 is 0 Å². The van der Waals surface area contributed by atoms with Crippen molar-refractivity contribution in [1.29, 1.82) is 0 Å². The van der Waals surface area contributed by atoms with Crippen LogP contribution in [-0.4, -0.2) is 9.97 Å². The predicted molar refractivity (Wildman–Crippen MR) is 175 cm³/mol. The molecule has 0 radical (unpaired) electrons. The van der Waals surface area contributed by atoms with Crippen molar-refractivity contribution >= 4 is 86.7 Å². The molecule has 0 spiro atoms. The van der Waals surface area contributed by atoms with Crippen LogP contribution in [0.2, 0.25) is 0 Å². The molecular formula is C39H22N2. The lowest BCUT2D eigenvalue weighted by atomic mass is 9.86. The lowest BCUT2D eigenvalue weighted by Gasteiger charge is -2.20. The van der Waals surface area contributed by atoms with Gasteiger partial charge in [0.15, 0.2) is 0 Å². The third-order valence-corrected chi connectivity index (χ3v) is 9.27. The highest BCUT2D eigenvalue weighted by molar-refractivity contribution is 6.35. The SMILES string of the molecule is Cc1c2nc3ccc4cccc5ccc(c2c(-c2ccccc2)c2nc6ccc7cccc8ccc(c12)c6c78)c3c45. The van der Waals surface area contributed by atoms with Gasteiger partial charge in [-0.25, -0.2) is 9.97 Å². The Balaban J connectivity index is 1.54. The van der Waals surface area contributed by atoms with Crippen LogP contribution in [0.1, 0.15) is 5.56 Å². The Morgan fingerprint density at radius 3 is 1.49 bits per heavy atom. The fourth-order valence-electron chi connectivity index (χ4n) is 7.55. The van der Waals surface area contributed by atoms with E-state index in [0.29, 0.717) is 0 Å². The number of nitrogens with zero attached hydrogens (tertiary/aromatic N) is 2. The van der Waals surface area contributed by atoms with E-state index < -0.39 is 0 Å². The van der Waals surface area contributed by atoms with Gasteiger partial charge < -0.3 is 0 Å². The van der Waals surface area contributed by atoms with Crippen molar-refractivity contribution in [1.82, 2.24) is 9.97 Å². The van der Waals surface area contributed by atoms with Crippen LogP contribution < -0.4 is 0 Å². The van der Waals surface area contributed by atoms with E-state index >= 15 is 0 Å². The Bertz CT molecular complexity index is 2650. The Morgan fingerprint density at radius 1 is 0.390 bits per heavy atom. The molecule has 41 heavy (non-hydrogen) atoms. The number of aromatic nitrogens is 2. The van der Waals surface area contributed by atoms with Crippen molar-refractivity contribution in [3.05, 3.63) is 121 Å². The second-order valence-corrected chi connectivity index (χ2v) is 11.3. The van der Waals surface area contributed by atoms with Gasteiger partial charge in [-0.1, -0.05) is 103 Å². The van der Waals surface area contributed by atoms with Crippen LogP contribution in [0, 0.1) is 6.92 Å². The normalized spacial score (nSPS) is 12.5. The predicted octanol–water partition coefficient (Wildman–Crippen LogP) is 10.6. The van der Waals surface area contributed by atoms with E-state index in [1.54, 1.807) is 0 Å². The third-order valence-electron chi connectivity index (χ3n) is 9.27. The molecule has 0 atom stereocenters. The first-order chi connectivity index (χ1) is 20.3. The summed E-state index contributed by atoms with van der Waals surface area (Å²) in [5.74, 6) is 0. The number of rotatable bonds is 1. The Hall–Kier alpha value is -5.34. The summed E-state index contributed by atoms with van der Waals surface area (Å²) in [5, 5.41) is 14.9. The highest BCUT2D eigenvalue weighted by atomic mass is 14.7. The van der Waals surface area contributed by atoms with E-state index in [1.165, 1.54) is 75.8 Å². The summed E-state index contributed by atoms with van der Waals surface area (Å²) >= 11 is 0. The van der Waals surface area contributed by atoms with E-state index in [0.717, 1.165) is 27.6 Å². The molecule has 0 aliphatic rings. The van der Waals surface area contributed by atoms with Gasteiger partial charge in [0, 0.05) is 27.1 Å². The Morgan fingerprint density at radius 2 is 0.902 bits per heavy atom. The molecule has 2 aromatic heterocycles. The number of benzene rings is 8. The zero-order chi connectivity index (χ0) is 26.8. The van der Waals surface area contributed by atoms with Crippen molar-refractivity contribution in [2.75, 3.05) is 0 Å². The summed E-state index contributed by atoms with van der Waals surface area (Å²) in [6.45, 7) is 2.24. The molecular weight excluding hydrogens is 496 g/mol. The minimum absolute atomic E-state index is 1.04. The van der Waals surface area contributed by atoms with Gasteiger partial charge in [-0.05, 0) is 73.3 Å². The largest absolute Gasteiger partial charge is 0.247 e. The lowest BCUT2D eigenvalue weighted by Crippen LogP contribution is -1.98. The molecule has 0 amide bonds. The number of hydrogen-bond acceptors (Lipinski definition) is 2. The topological polar surface area (TPSA) is 25.8 Å². The Labute approximate surface area is 235 Å². The second kappa shape index (κ2) is 7.44. The van der Waals surface area contributed by atoms with Crippen molar-refractivity contribution < 1.29 is 0 Å². The summed E-state index contributed by atoms with van der Waals surface area (Å²) in [5.41, 5.74) is 7.70. The van der Waals surface area contributed by atoms with Gasteiger partial charge in [0.1, 0.15) is 0 Å². The quantitative estimate of drug-likeness (QED) is 0.160.